The van der Waals surface area contributed by atoms with Crippen molar-refractivity contribution in [3.63, 3.8) is 0 Å². The van der Waals surface area contributed by atoms with Gasteiger partial charge in [-0.25, -0.2) is 9.88 Å². The van der Waals surface area contributed by atoms with Crippen LogP contribution in [0.15, 0.2) is 66.7 Å². The number of halogens is 1. The maximum atomic E-state index is 13.8. The van der Waals surface area contributed by atoms with Crippen molar-refractivity contribution in [1.82, 2.24) is 9.88 Å². The van der Waals surface area contributed by atoms with Gasteiger partial charge in [-0.2, -0.15) is 0 Å². The van der Waals surface area contributed by atoms with Crippen LogP contribution in [0.4, 0.5) is 5.69 Å². The molecule has 2 aliphatic rings. The summed E-state index contributed by atoms with van der Waals surface area (Å²) in [5.41, 5.74) is 4.43. The van der Waals surface area contributed by atoms with E-state index < -0.39 is 6.04 Å². The van der Waals surface area contributed by atoms with Crippen LogP contribution in [0.1, 0.15) is 49.7 Å². The Balaban J connectivity index is 1.24. The van der Waals surface area contributed by atoms with Crippen molar-refractivity contribution in [1.29, 1.82) is 0 Å². The van der Waals surface area contributed by atoms with Crippen molar-refractivity contribution in [2.24, 2.45) is 0 Å². The maximum Gasteiger partial charge on any atom is 0.257 e. The molecule has 4 aromatic rings. The van der Waals surface area contributed by atoms with Crippen LogP contribution in [-0.4, -0.2) is 39.7 Å². The molecule has 3 aromatic carbocycles. The molecule has 1 saturated carbocycles. The lowest BCUT2D eigenvalue weighted by atomic mass is 9.92. The number of rotatable bonds is 6. The number of hydrogen-bond donors (Lipinski definition) is 0. The molecule has 6 nitrogen and oxygen atoms in total. The molecule has 1 aliphatic carbocycles. The third kappa shape index (κ3) is 5.28. The van der Waals surface area contributed by atoms with Gasteiger partial charge in [-0.1, -0.05) is 49.1 Å². The third-order valence-corrected chi connectivity index (χ3v) is 9.22. The van der Waals surface area contributed by atoms with Crippen LogP contribution in [0, 0.1) is 6.92 Å². The first-order chi connectivity index (χ1) is 19.4. The fraction of sp³-hybridized carbons (Fsp3) is 0.312. The number of aromatic nitrogens is 1. The summed E-state index contributed by atoms with van der Waals surface area (Å²) >= 11 is 7.65. The van der Waals surface area contributed by atoms with E-state index in [0.29, 0.717) is 10.7 Å². The number of thiazole rings is 1. The molecule has 0 spiro atoms. The first kappa shape index (κ1) is 26.7. The minimum absolute atomic E-state index is 0.000658. The number of carbonyl (C=O) groups is 3. The quantitative estimate of drug-likeness (QED) is 0.235. The zero-order valence-corrected chi connectivity index (χ0v) is 23.9. The van der Waals surface area contributed by atoms with Crippen molar-refractivity contribution in [2.75, 3.05) is 4.90 Å². The second-order valence-corrected chi connectivity index (χ2v) is 12.2. The molecule has 0 radical (unpaired) electrons. The molecule has 1 aliphatic heterocycles. The highest BCUT2D eigenvalue weighted by molar-refractivity contribution is 7.21. The molecular weight excluding hydrogens is 542 g/mol. The zero-order chi connectivity index (χ0) is 27.8. The van der Waals surface area contributed by atoms with Gasteiger partial charge in [0, 0.05) is 16.6 Å². The molecule has 0 N–H and O–H groups in total. The van der Waals surface area contributed by atoms with Gasteiger partial charge < -0.3 is 4.90 Å². The van der Waals surface area contributed by atoms with E-state index >= 15 is 0 Å². The smallest absolute Gasteiger partial charge is 0.257 e. The van der Waals surface area contributed by atoms with E-state index in [9.17, 15) is 14.4 Å². The minimum atomic E-state index is -0.789. The summed E-state index contributed by atoms with van der Waals surface area (Å²) in [7, 11) is 0. The molecule has 6 rings (SSSR count). The number of anilines is 1. The average molecular weight is 572 g/mol. The van der Waals surface area contributed by atoms with Crippen molar-refractivity contribution in [3.8, 4) is 10.6 Å². The van der Waals surface area contributed by atoms with Crippen LogP contribution in [0.2, 0.25) is 5.02 Å². The van der Waals surface area contributed by atoms with E-state index in [2.05, 4.69) is 13.0 Å². The summed E-state index contributed by atoms with van der Waals surface area (Å²) in [6.07, 6.45) is 5.02. The molecule has 40 heavy (non-hydrogen) atoms. The van der Waals surface area contributed by atoms with E-state index in [1.54, 1.807) is 40.5 Å². The molecule has 204 valence electrons. The van der Waals surface area contributed by atoms with Crippen LogP contribution in [0.3, 0.4) is 0 Å². The van der Waals surface area contributed by atoms with Crippen LogP contribution in [0.25, 0.3) is 20.8 Å². The summed E-state index contributed by atoms with van der Waals surface area (Å²) in [5.74, 6) is -0.731. The van der Waals surface area contributed by atoms with Gasteiger partial charge in [-0.05, 0) is 79.4 Å². The average Bonchev–Trinajstić information content (AvgIpc) is 3.50. The lowest BCUT2D eigenvalue weighted by Crippen LogP contribution is -2.51. The summed E-state index contributed by atoms with van der Waals surface area (Å²) in [4.78, 5) is 48.4. The monoisotopic (exact) mass is 571 g/mol. The van der Waals surface area contributed by atoms with Gasteiger partial charge in [-0.3, -0.25) is 14.4 Å². The van der Waals surface area contributed by atoms with Gasteiger partial charge in [0.2, 0.25) is 11.8 Å². The summed E-state index contributed by atoms with van der Waals surface area (Å²) in [6.45, 7) is 2.06. The topological polar surface area (TPSA) is 70.6 Å². The largest absolute Gasteiger partial charge is 0.327 e. The van der Waals surface area contributed by atoms with Crippen LogP contribution in [-0.2, 0) is 20.8 Å². The molecule has 2 fully saturated rings. The first-order valence-electron chi connectivity index (χ1n) is 13.8. The number of aryl methyl sites for hydroxylation is 1. The third-order valence-electron chi connectivity index (χ3n) is 7.90. The van der Waals surface area contributed by atoms with E-state index in [0.717, 1.165) is 58.5 Å². The Hall–Kier alpha value is -3.55. The number of benzene rings is 3. The van der Waals surface area contributed by atoms with Crippen LogP contribution >= 0.6 is 22.9 Å². The fourth-order valence-corrected chi connectivity index (χ4v) is 7.07. The van der Waals surface area contributed by atoms with Gasteiger partial charge in [0.1, 0.15) is 11.0 Å². The molecular formula is C32H30ClN3O3S. The van der Waals surface area contributed by atoms with Crippen molar-refractivity contribution in [2.45, 2.75) is 64.0 Å². The van der Waals surface area contributed by atoms with Crippen LogP contribution < -0.4 is 4.90 Å². The predicted molar refractivity (Wildman–Crippen MR) is 160 cm³/mol. The molecule has 1 unspecified atom stereocenters. The number of hydrogen-bond acceptors (Lipinski definition) is 5. The van der Waals surface area contributed by atoms with Gasteiger partial charge in [0.05, 0.1) is 28.7 Å². The SMILES string of the molecule is Cc1ccc2nc(-c3ccc(N4C(=O)CC(N(C(=O)Cc5ccc(Cl)cc5)C5CCCCC5)C4=O)cc3)sc2c1. The van der Waals surface area contributed by atoms with Gasteiger partial charge >= 0.3 is 0 Å². The molecule has 0 bridgehead atoms. The summed E-state index contributed by atoms with van der Waals surface area (Å²) < 4.78 is 1.12. The molecule has 8 heteroatoms. The maximum absolute atomic E-state index is 13.8. The Morgan fingerprint density at radius 2 is 1.73 bits per heavy atom. The number of amides is 3. The molecule has 3 amide bonds. The van der Waals surface area contributed by atoms with Crippen LogP contribution in [0.5, 0.6) is 0 Å². The Kier molecular flexibility index (Phi) is 7.43. The molecule has 2 heterocycles. The van der Waals surface area contributed by atoms with Gasteiger partial charge in [0.25, 0.3) is 5.91 Å². The number of fused-ring (bicyclic) bond motifs is 1. The highest BCUT2D eigenvalue weighted by Crippen LogP contribution is 2.35. The normalized spacial score (nSPS) is 18.1. The fourth-order valence-electron chi connectivity index (χ4n) is 5.87. The van der Waals surface area contributed by atoms with E-state index in [1.807, 2.05) is 36.4 Å². The Morgan fingerprint density at radius 3 is 2.45 bits per heavy atom. The molecule has 1 atom stereocenters. The predicted octanol–water partition coefficient (Wildman–Crippen LogP) is 6.96. The highest BCUT2D eigenvalue weighted by Gasteiger charge is 2.46. The second kappa shape index (κ2) is 11.1. The summed E-state index contributed by atoms with van der Waals surface area (Å²) in [5, 5.41) is 1.50. The number of carbonyl (C=O) groups excluding carboxylic acids is 3. The van der Waals surface area contributed by atoms with Crippen molar-refractivity contribution in [3.05, 3.63) is 82.9 Å². The molecule has 1 aromatic heterocycles. The lowest BCUT2D eigenvalue weighted by molar-refractivity contribution is -0.141. The first-order valence-corrected chi connectivity index (χ1v) is 15.0. The Labute approximate surface area is 242 Å². The van der Waals surface area contributed by atoms with Crippen molar-refractivity contribution < 1.29 is 14.4 Å². The van der Waals surface area contributed by atoms with Gasteiger partial charge in [0.15, 0.2) is 0 Å². The van der Waals surface area contributed by atoms with E-state index in [1.165, 1.54) is 10.5 Å². The number of imide groups is 1. The number of nitrogens with zero attached hydrogens (tertiary/aromatic N) is 3. The lowest BCUT2D eigenvalue weighted by Gasteiger charge is -2.37. The Morgan fingerprint density at radius 1 is 1.00 bits per heavy atom. The zero-order valence-electron chi connectivity index (χ0n) is 22.3. The van der Waals surface area contributed by atoms with E-state index in [-0.39, 0.29) is 36.6 Å². The molecule has 1 saturated heterocycles. The van der Waals surface area contributed by atoms with Crippen molar-refractivity contribution >= 4 is 56.6 Å². The highest BCUT2D eigenvalue weighted by atomic mass is 35.5. The second-order valence-electron chi connectivity index (χ2n) is 10.7. The van der Waals surface area contributed by atoms with Gasteiger partial charge in [-0.15, -0.1) is 11.3 Å². The minimum Gasteiger partial charge on any atom is -0.327 e. The summed E-state index contributed by atoms with van der Waals surface area (Å²) in [6, 6.07) is 20.0. The van der Waals surface area contributed by atoms with E-state index in [4.69, 9.17) is 16.6 Å². The Bertz CT molecular complexity index is 1580. The standard InChI is InChI=1S/C32H30ClN3O3S/c1-20-7-16-26-28(17-20)40-31(34-26)22-10-14-25(15-11-22)36-30(38)19-27(32(36)39)35(24-5-3-2-4-6-24)29(37)18-21-8-12-23(33)13-9-21/h7-17,24,27H,2-6,18-19H2,1H3.